The van der Waals surface area contributed by atoms with Crippen LogP contribution in [0.4, 0.5) is 10.1 Å². The van der Waals surface area contributed by atoms with Crippen molar-refractivity contribution in [3.63, 3.8) is 0 Å². The Morgan fingerprint density at radius 2 is 1.86 bits per heavy atom. The maximum Gasteiger partial charge on any atom is 0.193 e. The lowest BCUT2D eigenvalue weighted by Crippen LogP contribution is -2.38. The largest absolute Gasteiger partial charge is 0.366 e. The SMILES string of the molecule is C[C@H]1CCCCN1c1ccc(C(=O)c2ccccc2)cc1F. The zero-order valence-corrected chi connectivity index (χ0v) is 12.8. The third kappa shape index (κ3) is 2.89. The molecule has 0 aromatic heterocycles. The molecule has 1 atom stereocenters. The van der Waals surface area contributed by atoms with Gasteiger partial charge in [0.25, 0.3) is 0 Å². The van der Waals surface area contributed by atoms with Gasteiger partial charge in [-0.05, 0) is 44.4 Å². The number of piperidine rings is 1. The number of benzene rings is 2. The van der Waals surface area contributed by atoms with E-state index in [0.29, 0.717) is 22.9 Å². The van der Waals surface area contributed by atoms with Crippen molar-refractivity contribution in [3.8, 4) is 0 Å². The number of carbonyl (C=O) groups excluding carboxylic acids is 1. The van der Waals surface area contributed by atoms with Crippen LogP contribution in [-0.4, -0.2) is 18.4 Å². The summed E-state index contributed by atoms with van der Waals surface area (Å²) in [7, 11) is 0. The van der Waals surface area contributed by atoms with Crippen LogP contribution < -0.4 is 4.90 Å². The number of carbonyl (C=O) groups is 1. The van der Waals surface area contributed by atoms with Gasteiger partial charge in [0.1, 0.15) is 5.82 Å². The molecule has 0 amide bonds. The Morgan fingerprint density at radius 1 is 1.09 bits per heavy atom. The van der Waals surface area contributed by atoms with Gasteiger partial charge in [0, 0.05) is 23.7 Å². The lowest BCUT2D eigenvalue weighted by molar-refractivity contribution is 0.103. The van der Waals surface area contributed by atoms with E-state index >= 15 is 0 Å². The smallest absolute Gasteiger partial charge is 0.193 e. The molecular formula is C19H20FNO. The topological polar surface area (TPSA) is 20.3 Å². The number of ketones is 1. The number of halogens is 1. The van der Waals surface area contributed by atoms with Gasteiger partial charge in [0.05, 0.1) is 5.69 Å². The number of nitrogens with zero attached hydrogens (tertiary/aromatic N) is 1. The van der Waals surface area contributed by atoms with E-state index in [4.69, 9.17) is 0 Å². The Morgan fingerprint density at radius 3 is 2.55 bits per heavy atom. The van der Waals surface area contributed by atoms with Gasteiger partial charge in [-0.15, -0.1) is 0 Å². The first kappa shape index (κ1) is 14.8. The molecule has 0 bridgehead atoms. The predicted octanol–water partition coefficient (Wildman–Crippen LogP) is 4.44. The van der Waals surface area contributed by atoms with Gasteiger partial charge in [-0.25, -0.2) is 4.39 Å². The molecule has 1 saturated heterocycles. The van der Waals surface area contributed by atoms with Crippen LogP contribution in [0.3, 0.4) is 0 Å². The minimum atomic E-state index is -0.310. The fraction of sp³-hybridized carbons (Fsp3) is 0.316. The normalized spacial score (nSPS) is 18.3. The zero-order valence-electron chi connectivity index (χ0n) is 12.8. The summed E-state index contributed by atoms with van der Waals surface area (Å²) in [6.07, 6.45) is 3.38. The highest BCUT2D eigenvalue weighted by atomic mass is 19.1. The molecule has 0 saturated carbocycles. The van der Waals surface area contributed by atoms with Crippen molar-refractivity contribution in [2.75, 3.05) is 11.4 Å². The fourth-order valence-corrected chi connectivity index (χ4v) is 3.09. The lowest BCUT2D eigenvalue weighted by atomic mass is 10.00. The summed E-state index contributed by atoms with van der Waals surface area (Å²) in [5, 5.41) is 0. The third-order valence-electron chi connectivity index (χ3n) is 4.36. The van der Waals surface area contributed by atoms with E-state index in [1.807, 2.05) is 18.2 Å². The highest BCUT2D eigenvalue weighted by Gasteiger charge is 2.22. The molecule has 2 aromatic rings. The maximum absolute atomic E-state index is 14.5. The van der Waals surface area contributed by atoms with E-state index in [1.165, 1.54) is 12.5 Å². The average molecular weight is 297 g/mol. The summed E-state index contributed by atoms with van der Waals surface area (Å²) in [6.45, 7) is 3.01. The van der Waals surface area contributed by atoms with Crippen LogP contribution in [0, 0.1) is 5.82 Å². The van der Waals surface area contributed by atoms with Crippen LogP contribution in [0.15, 0.2) is 48.5 Å². The van der Waals surface area contributed by atoms with Crippen LogP contribution in [-0.2, 0) is 0 Å². The minimum absolute atomic E-state index is 0.141. The summed E-state index contributed by atoms with van der Waals surface area (Å²) in [6, 6.07) is 14.2. The Kier molecular flexibility index (Phi) is 4.23. The second kappa shape index (κ2) is 6.30. The summed E-state index contributed by atoms with van der Waals surface area (Å²) in [5.74, 6) is -0.451. The number of rotatable bonds is 3. The Bertz CT molecular complexity index is 668. The molecule has 3 heteroatoms. The van der Waals surface area contributed by atoms with E-state index in [0.717, 1.165) is 19.4 Å². The Balaban J connectivity index is 1.87. The van der Waals surface area contributed by atoms with Crippen molar-refractivity contribution in [1.82, 2.24) is 0 Å². The predicted molar refractivity (Wildman–Crippen MR) is 86.9 cm³/mol. The molecule has 0 spiro atoms. The van der Waals surface area contributed by atoms with Crippen LogP contribution in [0.2, 0.25) is 0 Å². The van der Waals surface area contributed by atoms with Gasteiger partial charge in [-0.1, -0.05) is 30.3 Å². The maximum atomic E-state index is 14.5. The summed E-state index contributed by atoms with van der Waals surface area (Å²) in [5.41, 5.74) is 1.59. The first-order valence-corrected chi connectivity index (χ1v) is 7.83. The molecule has 2 aromatic carbocycles. The standard InChI is InChI=1S/C19H20FNO/c1-14-7-5-6-12-21(14)18-11-10-16(13-17(18)20)19(22)15-8-3-2-4-9-15/h2-4,8-11,13-14H,5-7,12H2,1H3/t14-/m0/s1. The van der Waals surface area contributed by atoms with E-state index in [2.05, 4.69) is 11.8 Å². The molecule has 3 rings (SSSR count). The molecule has 2 nitrogen and oxygen atoms in total. The molecule has 0 unspecified atom stereocenters. The van der Waals surface area contributed by atoms with Crippen molar-refractivity contribution in [3.05, 3.63) is 65.5 Å². The summed E-state index contributed by atoms with van der Waals surface area (Å²) < 4.78 is 14.5. The molecule has 1 aliphatic heterocycles. The van der Waals surface area contributed by atoms with Crippen molar-refractivity contribution in [1.29, 1.82) is 0 Å². The van der Waals surface area contributed by atoms with Gasteiger partial charge in [0.2, 0.25) is 0 Å². The van der Waals surface area contributed by atoms with Gasteiger partial charge in [-0.3, -0.25) is 4.79 Å². The van der Waals surface area contributed by atoms with Crippen molar-refractivity contribution in [2.24, 2.45) is 0 Å². The van der Waals surface area contributed by atoms with Crippen LogP contribution in [0.5, 0.6) is 0 Å². The number of anilines is 1. The van der Waals surface area contributed by atoms with E-state index in [9.17, 15) is 9.18 Å². The van der Waals surface area contributed by atoms with Crippen LogP contribution >= 0.6 is 0 Å². The highest BCUT2D eigenvalue weighted by molar-refractivity contribution is 6.09. The van der Waals surface area contributed by atoms with Gasteiger partial charge < -0.3 is 4.90 Å². The van der Waals surface area contributed by atoms with Crippen molar-refractivity contribution < 1.29 is 9.18 Å². The molecule has 114 valence electrons. The summed E-state index contributed by atoms with van der Waals surface area (Å²) >= 11 is 0. The molecule has 0 N–H and O–H groups in total. The highest BCUT2D eigenvalue weighted by Crippen LogP contribution is 2.28. The fourth-order valence-electron chi connectivity index (χ4n) is 3.09. The average Bonchev–Trinajstić information content (AvgIpc) is 2.56. The quantitative estimate of drug-likeness (QED) is 0.781. The van der Waals surface area contributed by atoms with Crippen LogP contribution in [0.25, 0.3) is 0 Å². The molecule has 1 heterocycles. The zero-order chi connectivity index (χ0) is 15.5. The van der Waals surface area contributed by atoms with Crippen molar-refractivity contribution in [2.45, 2.75) is 32.2 Å². The van der Waals surface area contributed by atoms with E-state index < -0.39 is 0 Å². The van der Waals surface area contributed by atoms with Crippen molar-refractivity contribution >= 4 is 11.5 Å². The van der Waals surface area contributed by atoms with Gasteiger partial charge >= 0.3 is 0 Å². The summed E-state index contributed by atoms with van der Waals surface area (Å²) in [4.78, 5) is 14.5. The third-order valence-corrected chi connectivity index (χ3v) is 4.36. The molecule has 22 heavy (non-hydrogen) atoms. The number of hydrogen-bond donors (Lipinski definition) is 0. The molecule has 0 aliphatic carbocycles. The van der Waals surface area contributed by atoms with Crippen LogP contribution in [0.1, 0.15) is 42.1 Å². The van der Waals surface area contributed by atoms with Gasteiger partial charge in [-0.2, -0.15) is 0 Å². The monoisotopic (exact) mass is 297 g/mol. The molecule has 1 aliphatic rings. The number of hydrogen-bond acceptors (Lipinski definition) is 2. The first-order valence-electron chi connectivity index (χ1n) is 7.83. The molecular weight excluding hydrogens is 277 g/mol. The minimum Gasteiger partial charge on any atom is -0.366 e. The molecule has 1 fully saturated rings. The van der Waals surface area contributed by atoms with E-state index in [-0.39, 0.29) is 11.6 Å². The first-order chi connectivity index (χ1) is 10.7. The van der Waals surface area contributed by atoms with Gasteiger partial charge in [0.15, 0.2) is 5.78 Å². The molecule has 0 radical (unpaired) electrons. The Hall–Kier alpha value is -2.16. The second-order valence-electron chi connectivity index (χ2n) is 5.90. The van der Waals surface area contributed by atoms with E-state index in [1.54, 1.807) is 24.3 Å². The second-order valence-corrected chi connectivity index (χ2v) is 5.90. The lowest BCUT2D eigenvalue weighted by Gasteiger charge is -2.35. The Labute approximate surface area is 130 Å².